The molecule has 0 aliphatic carbocycles. The minimum Gasteiger partial charge on any atom is -0.330 e. The van der Waals surface area contributed by atoms with E-state index in [4.69, 9.17) is 11.0 Å². The molecule has 0 aromatic heterocycles. The van der Waals surface area contributed by atoms with Crippen LogP contribution in [-0.2, 0) is 0 Å². The Hall–Kier alpha value is -0.590. The Morgan fingerprint density at radius 1 is 1.25 bits per heavy atom. The lowest BCUT2D eigenvalue weighted by atomic mass is 9.89. The number of hydrogen-bond donors (Lipinski definition) is 1. The van der Waals surface area contributed by atoms with Crippen molar-refractivity contribution >= 4 is 0 Å². The Morgan fingerprint density at radius 3 is 2.25 bits per heavy atom. The average molecular weight is 225 g/mol. The molecule has 0 rings (SSSR count). The molecule has 3 nitrogen and oxygen atoms in total. The van der Waals surface area contributed by atoms with E-state index in [9.17, 15) is 0 Å². The van der Waals surface area contributed by atoms with Gasteiger partial charge in [0.05, 0.1) is 11.5 Å². The van der Waals surface area contributed by atoms with Gasteiger partial charge in [0.25, 0.3) is 0 Å². The first-order valence-corrected chi connectivity index (χ1v) is 6.02. The van der Waals surface area contributed by atoms with Gasteiger partial charge in [-0.05, 0) is 52.2 Å². The van der Waals surface area contributed by atoms with Crippen LogP contribution in [0.3, 0.4) is 0 Å². The number of nitrogens with two attached hydrogens (primary N) is 1. The van der Waals surface area contributed by atoms with Crippen LogP contribution in [0.15, 0.2) is 0 Å². The molecule has 0 heterocycles. The second kappa shape index (κ2) is 6.22. The van der Waals surface area contributed by atoms with Crippen molar-refractivity contribution in [2.45, 2.75) is 40.5 Å². The molecule has 0 aromatic rings. The quantitative estimate of drug-likeness (QED) is 0.723. The molecule has 0 aromatic carbocycles. The largest absolute Gasteiger partial charge is 0.330 e. The molecule has 0 spiro atoms. The summed E-state index contributed by atoms with van der Waals surface area (Å²) in [6.07, 6.45) is 2.02. The Labute approximate surface area is 101 Å². The lowest BCUT2D eigenvalue weighted by Crippen LogP contribution is -2.37. The number of hydrogen-bond acceptors (Lipinski definition) is 3. The Kier molecular flexibility index (Phi) is 5.99. The molecule has 0 atom stereocenters. The molecular weight excluding hydrogens is 198 g/mol. The van der Waals surface area contributed by atoms with E-state index in [1.54, 1.807) is 0 Å². The molecule has 0 amide bonds. The fourth-order valence-corrected chi connectivity index (χ4v) is 1.72. The van der Waals surface area contributed by atoms with E-state index in [-0.39, 0.29) is 10.8 Å². The van der Waals surface area contributed by atoms with Crippen molar-refractivity contribution in [3.63, 3.8) is 0 Å². The summed E-state index contributed by atoms with van der Waals surface area (Å²) in [5.74, 6) is 0. The summed E-state index contributed by atoms with van der Waals surface area (Å²) in [4.78, 5) is 2.31. The van der Waals surface area contributed by atoms with E-state index < -0.39 is 0 Å². The Bertz CT molecular complexity index is 238. The van der Waals surface area contributed by atoms with Crippen molar-refractivity contribution in [1.82, 2.24) is 4.90 Å². The van der Waals surface area contributed by atoms with Crippen LogP contribution in [0.25, 0.3) is 0 Å². The molecular formula is C13H27N3. The van der Waals surface area contributed by atoms with Crippen molar-refractivity contribution in [3.8, 4) is 6.07 Å². The molecule has 0 bridgehead atoms. The van der Waals surface area contributed by atoms with Gasteiger partial charge in [0.2, 0.25) is 0 Å². The first-order valence-electron chi connectivity index (χ1n) is 6.02. The van der Waals surface area contributed by atoms with Crippen molar-refractivity contribution in [2.75, 3.05) is 26.7 Å². The van der Waals surface area contributed by atoms with Gasteiger partial charge < -0.3 is 10.6 Å². The van der Waals surface area contributed by atoms with Crippen molar-refractivity contribution in [3.05, 3.63) is 0 Å². The van der Waals surface area contributed by atoms with Gasteiger partial charge >= 0.3 is 0 Å². The number of nitriles is 1. The summed E-state index contributed by atoms with van der Waals surface area (Å²) in [5, 5.41) is 8.90. The minimum absolute atomic E-state index is 0.180. The van der Waals surface area contributed by atoms with Crippen LogP contribution in [0.5, 0.6) is 0 Å². The van der Waals surface area contributed by atoms with Gasteiger partial charge in [-0.2, -0.15) is 5.26 Å². The highest BCUT2D eigenvalue weighted by Crippen LogP contribution is 2.21. The lowest BCUT2D eigenvalue weighted by molar-refractivity contribution is 0.208. The average Bonchev–Trinajstić information content (AvgIpc) is 2.17. The maximum Gasteiger partial charge on any atom is 0.0683 e. The van der Waals surface area contributed by atoms with E-state index in [0.717, 1.165) is 25.9 Å². The number of nitrogens with zero attached hydrogens (tertiary/aromatic N) is 2. The Morgan fingerprint density at radius 2 is 1.81 bits per heavy atom. The van der Waals surface area contributed by atoms with Gasteiger partial charge in [0.15, 0.2) is 0 Å². The summed E-state index contributed by atoms with van der Waals surface area (Å²) in [5.41, 5.74) is 5.69. The predicted molar refractivity (Wildman–Crippen MR) is 69.0 cm³/mol. The normalized spacial score (nSPS) is 12.9. The maximum absolute atomic E-state index is 8.90. The summed E-state index contributed by atoms with van der Waals surface area (Å²) in [7, 11) is 2.12. The molecule has 3 heteroatoms. The zero-order valence-corrected chi connectivity index (χ0v) is 11.5. The molecule has 0 aliphatic heterocycles. The van der Waals surface area contributed by atoms with Crippen LogP contribution < -0.4 is 5.73 Å². The third-order valence-electron chi connectivity index (χ3n) is 2.89. The summed E-state index contributed by atoms with van der Waals surface area (Å²) < 4.78 is 0. The molecule has 16 heavy (non-hydrogen) atoms. The highest BCUT2D eigenvalue weighted by molar-refractivity contribution is 4.91. The van der Waals surface area contributed by atoms with Crippen molar-refractivity contribution in [1.29, 1.82) is 5.26 Å². The summed E-state index contributed by atoms with van der Waals surface area (Å²) in [6, 6.07) is 2.34. The predicted octanol–water partition coefficient (Wildman–Crippen LogP) is 2.23. The lowest BCUT2D eigenvalue weighted by Gasteiger charge is -2.29. The molecule has 0 fully saturated rings. The van der Waals surface area contributed by atoms with E-state index in [1.165, 1.54) is 0 Å². The standard InChI is InChI=1S/C13H27N3/c1-12(2,9-14)7-6-8-16(5)11-13(3,4)10-15/h6-8,10-11,15H2,1-5H3. The minimum atomic E-state index is -0.190. The first-order chi connectivity index (χ1) is 7.22. The molecule has 0 radical (unpaired) electrons. The van der Waals surface area contributed by atoms with Gasteiger partial charge in [-0.25, -0.2) is 0 Å². The summed E-state index contributed by atoms with van der Waals surface area (Å²) in [6.45, 7) is 11.1. The molecule has 2 N–H and O–H groups in total. The Balaban J connectivity index is 3.84. The topological polar surface area (TPSA) is 53.0 Å². The first kappa shape index (κ1) is 15.4. The van der Waals surface area contributed by atoms with E-state index in [0.29, 0.717) is 6.54 Å². The highest BCUT2D eigenvalue weighted by atomic mass is 15.1. The van der Waals surface area contributed by atoms with Gasteiger partial charge in [0, 0.05) is 6.54 Å². The summed E-state index contributed by atoms with van der Waals surface area (Å²) >= 11 is 0. The van der Waals surface area contributed by atoms with Gasteiger partial charge in [-0.1, -0.05) is 13.8 Å². The van der Waals surface area contributed by atoms with Crippen LogP contribution in [0.2, 0.25) is 0 Å². The zero-order valence-electron chi connectivity index (χ0n) is 11.5. The fourth-order valence-electron chi connectivity index (χ4n) is 1.72. The van der Waals surface area contributed by atoms with Gasteiger partial charge in [0.1, 0.15) is 0 Å². The third kappa shape index (κ3) is 6.81. The van der Waals surface area contributed by atoms with Crippen LogP contribution >= 0.6 is 0 Å². The van der Waals surface area contributed by atoms with Gasteiger partial charge in [-0.3, -0.25) is 0 Å². The molecule has 0 aliphatic rings. The zero-order chi connectivity index (χ0) is 12.8. The maximum atomic E-state index is 8.90. The number of rotatable bonds is 7. The van der Waals surface area contributed by atoms with E-state index in [1.807, 2.05) is 13.8 Å². The van der Waals surface area contributed by atoms with Crippen LogP contribution in [0, 0.1) is 22.2 Å². The smallest absolute Gasteiger partial charge is 0.0683 e. The second-order valence-electron chi connectivity index (χ2n) is 6.21. The highest BCUT2D eigenvalue weighted by Gasteiger charge is 2.19. The van der Waals surface area contributed by atoms with Crippen molar-refractivity contribution < 1.29 is 0 Å². The fraction of sp³-hybridized carbons (Fsp3) is 0.923. The second-order valence-corrected chi connectivity index (χ2v) is 6.21. The van der Waals surface area contributed by atoms with E-state index >= 15 is 0 Å². The SMILES string of the molecule is CN(CCCC(C)(C)C#N)CC(C)(C)CN. The third-order valence-corrected chi connectivity index (χ3v) is 2.89. The van der Waals surface area contributed by atoms with E-state index in [2.05, 4.69) is 31.9 Å². The molecule has 0 saturated carbocycles. The van der Waals surface area contributed by atoms with Crippen molar-refractivity contribution in [2.24, 2.45) is 16.6 Å². The molecule has 0 unspecified atom stereocenters. The molecule has 94 valence electrons. The van der Waals surface area contributed by atoms with Gasteiger partial charge in [-0.15, -0.1) is 0 Å². The van der Waals surface area contributed by atoms with Crippen LogP contribution in [0.4, 0.5) is 0 Å². The van der Waals surface area contributed by atoms with Crippen LogP contribution in [-0.4, -0.2) is 31.6 Å². The monoisotopic (exact) mass is 225 g/mol. The van der Waals surface area contributed by atoms with Crippen LogP contribution in [0.1, 0.15) is 40.5 Å². The molecule has 0 saturated heterocycles.